The van der Waals surface area contributed by atoms with Crippen LogP contribution < -0.4 is 5.32 Å². The lowest BCUT2D eigenvalue weighted by atomic mass is 9.82. The Hall–Kier alpha value is -2.37. The molecule has 1 aliphatic carbocycles. The van der Waals surface area contributed by atoms with Gasteiger partial charge in [-0.15, -0.1) is 0 Å². The fourth-order valence-electron chi connectivity index (χ4n) is 5.07. The highest BCUT2D eigenvalue weighted by Crippen LogP contribution is 2.33. The van der Waals surface area contributed by atoms with Crippen molar-refractivity contribution in [1.82, 2.24) is 15.1 Å². The maximum Gasteiger partial charge on any atom is 0.325 e. The number of nitrogens with zero attached hydrogens (tertiary/aromatic N) is 2. The summed E-state index contributed by atoms with van der Waals surface area (Å²) < 4.78 is 0. The fraction of sp³-hybridized carbons (Fsp3) is 0.609. The van der Waals surface area contributed by atoms with E-state index in [0.29, 0.717) is 5.92 Å². The third kappa shape index (κ3) is 4.31. The van der Waals surface area contributed by atoms with Crippen molar-refractivity contribution in [3.05, 3.63) is 35.9 Å². The number of nitrogens with one attached hydrogen (secondary N) is 1. The van der Waals surface area contributed by atoms with Gasteiger partial charge in [0.2, 0.25) is 5.91 Å². The Bertz CT molecular complexity index is 750. The molecule has 1 N–H and O–H groups in total. The zero-order valence-electron chi connectivity index (χ0n) is 17.1. The quantitative estimate of drug-likeness (QED) is 0.776. The molecule has 0 unspecified atom stereocenters. The van der Waals surface area contributed by atoms with Gasteiger partial charge < -0.3 is 10.2 Å². The van der Waals surface area contributed by atoms with Gasteiger partial charge >= 0.3 is 6.03 Å². The summed E-state index contributed by atoms with van der Waals surface area (Å²) in [4.78, 5) is 41.0. The fourth-order valence-corrected chi connectivity index (χ4v) is 5.07. The standard InChI is InChI=1S/C23H31N3O3/c27-20(25-14-9-19(10-15-25)17-18-7-3-1-4-8-18)11-16-26-21(28)23(24-22(26)29)12-5-2-6-13-23/h1,3-4,7-8,19H,2,5-6,9-17H2,(H,24,29). The molecule has 0 aromatic heterocycles. The van der Waals surface area contributed by atoms with Crippen LogP contribution in [0.5, 0.6) is 0 Å². The Morgan fingerprint density at radius 1 is 1.03 bits per heavy atom. The number of hydrogen-bond acceptors (Lipinski definition) is 3. The van der Waals surface area contributed by atoms with E-state index in [-0.39, 0.29) is 30.8 Å². The van der Waals surface area contributed by atoms with Crippen LogP contribution in [0.2, 0.25) is 0 Å². The van der Waals surface area contributed by atoms with E-state index in [9.17, 15) is 14.4 Å². The van der Waals surface area contributed by atoms with Crippen LogP contribution in [-0.2, 0) is 16.0 Å². The third-order valence-corrected chi connectivity index (χ3v) is 6.84. The van der Waals surface area contributed by atoms with Crippen molar-refractivity contribution < 1.29 is 14.4 Å². The second-order valence-corrected chi connectivity index (χ2v) is 8.79. The molecule has 3 aliphatic rings. The van der Waals surface area contributed by atoms with E-state index < -0.39 is 5.54 Å². The molecule has 1 aromatic carbocycles. The molecule has 3 fully saturated rings. The lowest BCUT2D eigenvalue weighted by Crippen LogP contribution is -2.48. The van der Waals surface area contributed by atoms with Gasteiger partial charge in [0, 0.05) is 26.1 Å². The largest absolute Gasteiger partial charge is 0.343 e. The summed E-state index contributed by atoms with van der Waals surface area (Å²) >= 11 is 0. The third-order valence-electron chi connectivity index (χ3n) is 6.84. The van der Waals surface area contributed by atoms with Crippen molar-refractivity contribution in [3.63, 3.8) is 0 Å². The first-order valence-electron chi connectivity index (χ1n) is 11.0. The van der Waals surface area contributed by atoms with E-state index in [4.69, 9.17) is 0 Å². The minimum atomic E-state index is -0.700. The van der Waals surface area contributed by atoms with Gasteiger partial charge in [-0.05, 0) is 43.6 Å². The highest BCUT2D eigenvalue weighted by molar-refractivity contribution is 6.07. The van der Waals surface area contributed by atoms with Crippen molar-refractivity contribution in [3.8, 4) is 0 Å². The Balaban J connectivity index is 1.24. The number of hydrogen-bond donors (Lipinski definition) is 1. The van der Waals surface area contributed by atoms with Gasteiger partial charge in [0.1, 0.15) is 5.54 Å². The molecular weight excluding hydrogens is 366 g/mol. The molecule has 2 aliphatic heterocycles. The maximum atomic E-state index is 12.8. The second kappa shape index (κ2) is 8.56. The van der Waals surface area contributed by atoms with Gasteiger partial charge in [0.05, 0.1) is 0 Å². The molecule has 2 heterocycles. The second-order valence-electron chi connectivity index (χ2n) is 8.79. The van der Waals surface area contributed by atoms with Crippen molar-refractivity contribution in [1.29, 1.82) is 0 Å². The molecule has 1 aromatic rings. The molecule has 1 saturated carbocycles. The molecular formula is C23H31N3O3. The molecule has 6 heteroatoms. The number of amides is 4. The SMILES string of the molecule is O=C(CCN1C(=O)NC2(CCCCC2)C1=O)N1CCC(Cc2ccccc2)CC1. The minimum absolute atomic E-state index is 0.0494. The average Bonchev–Trinajstić information content (AvgIpc) is 2.97. The average molecular weight is 398 g/mol. The summed E-state index contributed by atoms with van der Waals surface area (Å²) in [5.74, 6) is 0.531. The van der Waals surface area contributed by atoms with E-state index in [1.165, 1.54) is 10.5 Å². The molecule has 4 rings (SSSR count). The van der Waals surface area contributed by atoms with Crippen LogP contribution in [0.3, 0.4) is 0 Å². The molecule has 1 spiro atoms. The van der Waals surface area contributed by atoms with Crippen molar-refractivity contribution in [2.45, 2.75) is 63.3 Å². The topological polar surface area (TPSA) is 69.7 Å². The van der Waals surface area contributed by atoms with Crippen LogP contribution in [0.25, 0.3) is 0 Å². The highest BCUT2D eigenvalue weighted by atomic mass is 16.2. The van der Waals surface area contributed by atoms with Gasteiger partial charge in [-0.1, -0.05) is 49.6 Å². The first-order valence-corrected chi connectivity index (χ1v) is 11.0. The predicted molar refractivity (Wildman–Crippen MR) is 110 cm³/mol. The first kappa shape index (κ1) is 19.9. The van der Waals surface area contributed by atoms with Gasteiger partial charge in [-0.3, -0.25) is 14.5 Å². The Kier molecular flexibility index (Phi) is 5.88. The lowest BCUT2D eigenvalue weighted by Gasteiger charge is -2.32. The number of imide groups is 1. The van der Waals surface area contributed by atoms with E-state index in [2.05, 4.69) is 29.6 Å². The summed E-state index contributed by atoms with van der Waals surface area (Å²) in [6, 6.07) is 10.2. The van der Waals surface area contributed by atoms with Gasteiger partial charge in [0.25, 0.3) is 5.91 Å². The highest BCUT2D eigenvalue weighted by Gasteiger charge is 2.51. The van der Waals surface area contributed by atoms with Crippen LogP contribution in [0.15, 0.2) is 30.3 Å². The smallest absolute Gasteiger partial charge is 0.325 e. The van der Waals surface area contributed by atoms with E-state index >= 15 is 0 Å². The summed E-state index contributed by atoms with van der Waals surface area (Å²) in [6.07, 6.45) is 7.79. The molecule has 0 bridgehead atoms. The Morgan fingerprint density at radius 2 is 1.72 bits per heavy atom. The Morgan fingerprint density at radius 3 is 2.41 bits per heavy atom. The van der Waals surface area contributed by atoms with Crippen LogP contribution in [0.1, 0.15) is 56.9 Å². The zero-order valence-corrected chi connectivity index (χ0v) is 17.1. The van der Waals surface area contributed by atoms with Crippen molar-refractivity contribution >= 4 is 17.8 Å². The summed E-state index contributed by atoms with van der Waals surface area (Å²) in [6.45, 7) is 1.72. The monoisotopic (exact) mass is 397 g/mol. The zero-order chi connectivity index (χ0) is 20.3. The number of carbonyl (C=O) groups excluding carboxylic acids is 3. The molecule has 6 nitrogen and oxygen atoms in total. The number of benzene rings is 1. The predicted octanol–water partition coefficient (Wildman–Crippen LogP) is 3.11. The molecule has 0 atom stereocenters. The van der Waals surface area contributed by atoms with E-state index in [0.717, 1.165) is 64.5 Å². The number of likely N-dealkylation sites (tertiary alicyclic amines) is 1. The van der Waals surface area contributed by atoms with Crippen LogP contribution >= 0.6 is 0 Å². The molecule has 156 valence electrons. The van der Waals surface area contributed by atoms with Gasteiger partial charge in [-0.2, -0.15) is 0 Å². The molecule has 4 amide bonds. The van der Waals surface area contributed by atoms with Crippen LogP contribution in [-0.4, -0.2) is 52.8 Å². The summed E-state index contributed by atoms with van der Waals surface area (Å²) in [5, 5.41) is 2.91. The lowest BCUT2D eigenvalue weighted by molar-refractivity contribution is -0.135. The normalized spacial score (nSPS) is 22.2. The van der Waals surface area contributed by atoms with Crippen LogP contribution in [0, 0.1) is 5.92 Å². The van der Waals surface area contributed by atoms with E-state index in [1.807, 2.05) is 11.0 Å². The first-order chi connectivity index (χ1) is 14.1. The Labute approximate surface area is 172 Å². The molecule has 29 heavy (non-hydrogen) atoms. The molecule has 2 saturated heterocycles. The van der Waals surface area contributed by atoms with Gasteiger partial charge in [-0.25, -0.2) is 4.79 Å². The summed E-state index contributed by atoms with van der Waals surface area (Å²) in [7, 11) is 0. The number of rotatable bonds is 5. The minimum Gasteiger partial charge on any atom is -0.343 e. The summed E-state index contributed by atoms with van der Waals surface area (Å²) in [5.41, 5.74) is 0.654. The van der Waals surface area contributed by atoms with Crippen molar-refractivity contribution in [2.24, 2.45) is 5.92 Å². The molecule has 0 radical (unpaired) electrons. The van der Waals surface area contributed by atoms with Crippen molar-refractivity contribution in [2.75, 3.05) is 19.6 Å². The number of urea groups is 1. The van der Waals surface area contributed by atoms with Crippen LogP contribution in [0.4, 0.5) is 4.79 Å². The number of piperidine rings is 1. The van der Waals surface area contributed by atoms with E-state index in [1.54, 1.807) is 0 Å². The number of carbonyl (C=O) groups is 3. The van der Waals surface area contributed by atoms with Gasteiger partial charge in [0.15, 0.2) is 0 Å². The maximum absolute atomic E-state index is 12.8.